The SMILES string of the molecule is COc1ccc(O)c(C=NNC(=O)c2nn(Cc3ccc([N+](=O)[O-])cc3)cc2Br)c1. The molecule has 1 aromatic heterocycles. The standard InChI is InChI=1S/C19H16BrN5O5/c1-30-15-6-7-17(26)13(8-15)9-21-22-19(27)18-16(20)11-24(23-18)10-12-2-4-14(5-3-12)25(28)29/h2-9,11,26H,10H2,1H3,(H,22,27). The summed E-state index contributed by atoms with van der Waals surface area (Å²) in [5.41, 5.74) is 3.62. The minimum atomic E-state index is -0.553. The zero-order chi connectivity index (χ0) is 21.7. The van der Waals surface area contributed by atoms with Crippen molar-refractivity contribution in [3.05, 3.63) is 80.1 Å². The molecule has 0 unspecified atom stereocenters. The fourth-order valence-corrected chi connectivity index (χ4v) is 3.01. The summed E-state index contributed by atoms with van der Waals surface area (Å²) >= 11 is 3.29. The van der Waals surface area contributed by atoms with Crippen molar-refractivity contribution in [1.82, 2.24) is 15.2 Å². The minimum Gasteiger partial charge on any atom is -0.507 e. The Bertz CT molecular complexity index is 1110. The second-order valence-corrected chi connectivity index (χ2v) is 6.92. The predicted octanol–water partition coefficient (Wildman–Crippen LogP) is 3.08. The highest BCUT2D eigenvalue weighted by atomic mass is 79.9. The third-order valence-electron chi connectivity index (χ3n) is 4.03. The number of nitrogens with one attached hydrogen (secondary N) is 1. The first kappa shape index (κ1) is 21.0. The molecule has 30 heavy (non-hydrogen) atoms. The highest BCUT2D eigenvalue weighted by Gasteiger charge is 2.15. The van der Waals surface area contributed by atoms with Crippen molar-refractivity contribution in [3.8, 4) is 11.5 Å². The van der Waals surface area contributed by atoms with Gasteiger partial charge in [0, 0.05) is 23.9 Å². The van der Waals surface area contributed by atoms with E-state index in [-0.39, 0.29) is 17.1 Å². The molecule has 0 saturated heterocycles. The number of benzene rings is 2. The molecule has 2 aromatic carbocycles. The number of aromatic hydroxyl groups is 1. The number of amides is 1. The fourth-order valence-electron chi connectivity index (χ4n) is 2.52. The van der Waals surface area contributed by atoms with Crippen LogP contribution in [0, 0.1) is 10.1 Å². The van der Waals surface area contributed by atoms with Crippen LogP contribution in [0.25, 0.3) is 0 Å². The highest BCUT2D eigenvalue weighted by molar-refractivity contribution is 9.10. The number of nitro groups is 1. The summed E-state index contributed by atoms with van der Waals surface area (Å²) in [4.78, 5) is 22.6. The van der Waals surface area contributed by atoms with E-state index in [1.54, 1.807) is 30.5 Å². The molecule has 11 heteroatoms. The van der Waals surface area contributed by atoms with Crippen molar-refractivity contribution < 1.29 is 19.6 Å². The Hall–Kier alpha value is -3.73. The number of phenolic OH excluding ortho intramolecular Hbond substituents is 1. The van der Waals surface area contributed by atoms with E-state index < -0.39 is 10.8 Å². The average molecular weight is 474 g/mol. The van der Waals surface area contributed by atoms with E-state index in [9.17, 15) is 20.0 Å². The molecule has 10 nitrogen and oxygen atoms in total. The number of non-ortho nitro benzene ring substituents is 1. The van der Waals surface area contributed by atoms with Crippen LogP contribution in [-0.2, 0) is 6.54 Å². The lowest BCUT2D eigenvalue weighted by atomic mass is 10.2. The highest BCUT2D eigenvalue weighted by Crippen LogP contribution is 2.21. The number of hydrazone groups is 1. The number of nitro benzene ring substituents is 1. The fraction of sp³-hybridized carbons (Fsp3) is 0.105. The second kappa shape index (κ2) is 9.18. The largest absolute Gasteiger partial charge is 0.507 e. The van der Waals surface area contributed by atoms with E-state index in [0.717, 1.165) is 5.56 Å². The topological polar surface area (TPSA) is 132 Å². The van der Waals surface area contributed by atoms with Crippen molar-refractivity contribution >= 4 is 33.7 Å². The second-order valence-electron chi connectivity index (χ2n) is 6.07. The molecule has 154 valence electrons. The average Bonchev–Trinajstić information content (AvgIpc) is 3.09. The van der Waals surface area contributed by atoms with Gasteiger partial charge in [0.05, 0.1) is 29.3 Å². The molecule has 0 aliphatic rings. The van der Waals surface area contributed by atoms with Gasteiger partial charge in [-0.1, -0.05) is 12.1 Å². The molecular weight excluding hydrogens is 458 g/mol. The Morgan fingerprint density at radius 2 is 2.10 bits per heavy atom. The number of carbonyl (C=O) groups excluding carboxylic acids is 1. The predicted molar refractivity (Wildman–Crippen MR) is 112 cm³/mol. The molecule has 3 aromatic rings. The summed E-state index contributed by atoms with van der Waals surface area (Å²) in [5.74, 6) is -0.0291. The maximum Gasteiger partial charge on any atom is 0.293 e. The third kappa shape index (κ3) is 5.00. The number of carbonyl (C=O) groups is 1. The first-order valence-electron chi connectivity index (χ1n) is 8.54. The Morgan fingerprint density at radius 1 is 1.37 bits per heavy atom. The summed E-state index contributed by atoms with van der Waals surface area (Å²) < 4.78 is 7.06. The molecule has 0 aliphatic carbocycles. The first-order chi connectivity index (χ1) is 14.4. The van der Waals surface area contributed by atoms with Crippen LogP contribution in [0.4, 0.5) is 5.69 Å². The van der Waals surface area contributed by atoms with Gasteiger partial charge in [0.25, 0.3) is 11.6 Å². The number of hydrogen-bond donors (Lipinski definition) is 2. The Morgan fingerprint density at radius 3 is 2.77 bits per heavy atom. The Labute approximate surface area is 179 Å². The molecule has 1 heterocycles. The quantitative estimate of drug-likeness (QED) is 0.307. The van der Waals surface area contributed by atoms with Crippen LogP contribution in [0.5, 0.6) is 11.5 Å². The van der Waals surface area contributed by atoms with Crippen molar-refractivity contribution in [2.75, 3.05) is 7.11 Å². The van der Waals surface area contributed by atoms with Gasteiger partial charge in [-0.2, -0.15) is 10.2 Å². The maximum absolute atomic E-state index is 12.4. The van der Waals surface area contributed by atoms with E-state index in [2.05, 4.69) is 31.6 Å². The molecule has 0 atom stereocenters. The van der Waals surface area contributed by atoms with Gasteiger partial charge in [0.2, 0.25) is 0 Å². The summed E-state index contributed by atoms with van der Waals surface area (Å²) in [6.07, 6.45) is 2.91. The van der Waals surface area contributed by atoms with Crippen LogP contribution in [0.15, 0.2) is 58.2 Å². The molecule has 3 rings (SSSR count). The molecular formula is C19H16BrN5O5. The summed E-state index contributed by atoms with van der Waals surface area (Å²) in [5, 5.41) is 28.6. The summed E-state index contributed by atoms with van der Waals surface area (Å²) in [6.45, 7) is 0.324. The van der Waals surface area contributed by atoms with Gasteiger partial charge < -0.3 is 9.84 Å². The van der Waals surface area contributed by atoms with Gasteiger partial charge in [0.1, 0.15) is 11.5 Å². The van der Waals surface area contributed by atoms with Crippen LogP contribution in [-0.4, -0.2) is 39.0 Å². The molecule has 2 N–H and O–H groups in total. The van der Waals surface area contributed by atoms with Crippen molar-refractivity contribution in [3.63, 3.8) is 0 Å². The van der Waals surface area contributed by atoms with E-state index in [0.29, 0.717) is 22.3 Å². The maximum atomic E-state index is 12.4. The van der Waals surface area contributed by atoms with Gasteiger partial charge >= 0.3 is 0 Å². The van der Waals surface area contributed by atoms with E-state index >= 15 is 0 Å². The van der Waals surface area contributed by atoms with Gasteiger partial charge in [-0.05, 0) is 39.7 Å². The molecule has 0 aliphatic heterocycles. The number of rotatable bonds is 7. The normalized spacial score (nSPS) is 10.9. The van der Waals surface area contributed by atoms with Gasteiger partial charge in [0.15, 0.2) is 5.69 Å². The summed E-state index contributed by atoms with van der Waals surface area (Å²) in [7, 11) is 1.50. The van der Waals surface area contributed by atoms with Crippen LogP contribution < -0.4 is 10.2 Å². The molecule has 0 radical (unpaired) electrons. The number of halogens is 1. The molecule has 0 fully saturated rings. The Kier molecular flexibility index (Phi) is 6.42. The third-order valence-corrected chi connectivity index (χ3v) is 4.61. The molecule has 0 bridgehead atoms. The Balaban J connectivity index is 1.67. The van der Waals surface area contributed by atoms with Crippen molar-refractivity contribution in [2.45, 2.75) is 6.54 Å². The van der Waals surface area contributed by atoms with Crippen LogP contribution in [0.3, 0.4) is 0 Å². The van der Waals surface area contributed by atoms with Gasteiger partial charge in [-0.3, -0.25) is 19.6 Å². The monoisotopic (exact) mass is 473 g/mol. The number of nitrogens with zero attached hydrogens (tertiary/aromatic N) is 4. The van der Waals surface area contributed by atoms with Crippen LogP contribution in [0.1, 0.15) is 21.6 Å². The molecule has 0 spiro atoms. The lowest BCUT2D eigenvalue weighted by molar-refractivity contribution is -0.384. The first-order valence-corrected chi connectivity index (χ1v) is 9.33. The lowest BCUT2D eigenvalue weighted by Gasteiger charge is -2.03. The van der Waals surface area contributed by atoms with E-state index in [1.165, 1.54) is 36.2 Å². The van der Waals surface area contributed by atoms with Gasteiger partial charge in [-0.15, -0.1) is 0 Å². The number of methoxy groups -OCH3 is 1. The zero-order valence-corrected chi connectivity index (χ0v) is 17.2. The molecule has 0 saturated carbocycles. The number of aromatic nitrogens is 2. The van der Waals surface area contributed by atoms with Crippen molar-refractivity contribution in [1.29, 1.82) is 0 Å². The number of ether oxygens (including phenoxy) is 1. The zero-order valence-electron chi connectivity index (χ0n) is 15.7. The summed E-state index contributed by atoms with van der Waals surface area (Å²) in [6, 6.07) is 10.7. The minimum absolute atomic E-state index is 0.000368. The van der Waals surface area contributed by atoms with Gasteiger partial charge in [-0.25, -0.2) is 5.43 Å². The van der Waals surface area contributed by atoms with E-state index in [1.807, 2.05) is 0 Å². The lowest BCUT2D eigenvalue weighted by Crippen LogP contribution is -2.19. The van der Waals surface area contributed by atoms with E-state index in [4.69, 9.17) is 4.74 Å². The van der Waals surface area contributed by atoms with Crippen LogP contribution in [0.2, 0.25) is 0 Å². The van der Waals surface area contributed by atoms with Crippen LogP contribution >= 0.6 is 15.9 Å². The molecule has 1 amide bonds. The smallest absolute Gasteiger partial charge is 0.293 e. The van der Waals surface area contributed by atoms with Crippen molar-refractivity contribution in [2.24, 2.45) is 5.10 Å². The number of phenols is 1. The number of hydrogen-bond acceptors (Lipinski definition) is 7.